The van der Waals surface area contributed by atoms with Crippen LogP contribution in [0.1, 0.15) is 31.3 Å². The topological polar surface area (TPSA) is 80.9 Å². The first-order valence-electron chi connectivity index (χ1n) is 4.74. The first-order valence-corrected chi connectivity index (χ1v) is 4.74. The maximum absolute atomic E-state index is 11.6. The van der Waals surface area contributed by atoms with Crippen LogP contribution in [0.5, 0.6) is 0 Å². The van der Waals surface area contributed by atoms with Gasteiger partial charge in [0.15, 0.2) is 0 Å². The summed E-state index contributed by atoms with van der Waals surface area (Å²) in [7, 11) is 0. The molecule has 0 aliphatic heterocycles. The molecule has 0 fully saturated rings. The van der Waals surface area contributed by atoms with Crippen LogP contribution in [0, 0.1) is 5.41 Å². The molecule has 0 saturated carbocycles. The molecule has 0 saturated heterocycles. The summed E-state index contributed by atoms with van der Waals surface area (Å²) in [5, 5.41) is 2.77. The van der Waals surface area contributed by atoms with Gasteiger partial charge in [0.2, 0.25) is 0 Å². The van der Waals surface area contributed by atoms with Crippen LogP contribution in [0.4, 0.5) is 5.82 Å². The Balaban J connectivity index is 2.62. The van der Waals surface area contributed by atoms with Crippen LogP contribution >= 0.6 is 0 Å². The normalized spacial score (nSPS) is 11.1. The molecule has 1 aromatic heterocycles. The Hall–Kier alpha value is -1.65. The number of aromatic nitrogens is 2. The van der Waals surface area contributed by atoms with Crippen LogP contribution in [-0.2, 0) is 0 Å². The predicted molar refractivity (Wildman–Crippen MR) is 58.2 cm³/mol. The molecule has 1 aromatic rings. The minimum atomic E-state index is -0.246. The summed E-state index contributed by atoms with van der Waals surface area (Å²) < 4.78 is 0. The quantitative estimate of drug-likeness (QED) is 0.754. The van der Waals surface area contributed by atoms with Crippen molar-refractivity contribution in [3.8, 4) is 0 Å². The van der Waals surface area contributed by atoms with Crippen molar-refractivity contribution in [3.63, 3.8) is 0 Å². The third-order valence-electron chi connectivity index (χ3n) is 1.67. The summed E-state index contributed by atoms with van der Waals surface area (Å²) >= 11 is 0. The van der Waals surface area contributed by atoms with Crippen LogP contribution in [0.15, 0.2) is 12.4 Å². The number of nitrogens with one attached hydrogen (secondary N) is 1. The third kappa shape index (κ3) is 3.93. The highest BCUT2D eigenvalue weighted by atomic mass is 16.1. The molecule has 1 rings (SSSR count). The molecule has 3 N–H and O–H groups in total. The standard InChI is InChI=1S/C10H16N4O/c1-10(2,3)6-13-9(15)7-4-12-5-8(11)14-7/h4-5H,6H2,1-3H3,(H2,11,14)(H,13,15). The highest BCUT2D eigenvalue weighted by Crippen LogP contribution is 2.10. The van der Waals surface area contributed by atoms with Crippen molar-refractivity contribution in [2.45, 2.75) is 20.8 Å². The van der Waals surface area contributed by atoms with Crippen molar-refractivity contribution in [1.82, 2.24) is 15.3 Å². The molecule has 1 amide bonds. The average Bonchev–Trinajstić information content (AvgIpc) is 2.13. The first-order chi connectivity index (χ1) is 6.88. The SMILES string of the molecule is CC(C)(C)CNC(=O)c1cncc(N)n1. The second-order valence-corrected chi connectivity index (χ2v) is 4.57. The Morgan fingerprint density at radius 3 is 2.67 bits per heavy atom. The van der Waals surface area contributed by atoms with Gasteiger partial charge < -0.3 is 11.1 Å². The van der Waals surface area contributed by atoms with Gasteiger partial charge in [-0.05, 0) is 5.41 Å². The molecule has 0 aromatic carbocycles. The molecule has 0 spiro atoms. The van der Waals surface area contributed by atoms with Gasteiger partial charge in [0.05, 0.1) is 12.4 Å². The van der Waals surface area contributed by atoms with E-state index in [9.17, 15) is 4.79 Å². The minimum Gasteiger partial charge on any atom is -0.382 e. The van der Waals surface area contributed by atoms with Crippen LogP contribution in [0.25, 0.3) is 0 Å². The number of nitrogens with two attached hydrogens (primary N) is 1. The lowest BCUT2D eigenvalue weighted by Gasteiger charge is -2.18. The van der Waals surface area contributed by atoms with E-state index in [1.165, 1.54) is 12.4 Å². The highest BCUT2D eigenvalue weighted by Gasteiger charge is 2.13. The number of anilines is 1. The van der Waals surface area contributed by atoms with Gasteiger partial charge in [0, 0.05) is 6.54 Å². The van der Waals surface area contributed by atoms with E-state index in [4.69, 9.17) is 5.73 Å². The van der Waals surface area contributed by atoms with Crippen molar-refractivity contribution >= 4 is 11.7 Å². The Kier molecular flexibility index (Phi) is 3.24. The summed E-state index contributed by atoms with van der Waals surface area (Å²) in [5.74, 6) is 0.00290. The van der Waals surface area contributed by atoms with Gasteiger partial charge in [-0.25, -0.2) is 4.98 Å². The fourth-order valence-corrected chi connectivity index (χ4v) is 0.926. The van der Waals surface area contributed by atoms with Crippen molar-refractivity contribution in [3.05, 3.63) is 18.1 Å². The largest absolute Gasteiger partial charge is 0.382 e. The van der Waals surface area contributed by atoms with Crippen molar-refractivity contribution in [2.75, 3.05) is 12.3 Å². The summed E-state index contributed by atoms with van der Waals surface area (Å²) in [6.07, 6.45) is 2.80. The number of carbonyl (C=O) groups is 1. The van der Waals surface area contributed by atoms with Crippen LogP contribution in [-0.4, -0.2) is 22.4 Å². The zero-order valence-electron chi connectivity index (χ0n) is 9.24. The Bertz CT molecular complexity index is 357. The zero-order valence-corrected chi connectivity index (χ0v) is 9.24. The minimum absolute atomic E-state index is 0.0451. The molecule has 15 heavy (non-hydrogen) atoms. The summed E-state index contributed by atoms with van der Waals surface area (Å²) in [4.78, 5) is 19.3. The lowest BCUT2D eigenvalue weighted by molar-refractivity contribution is 0.0934. The van der Waals surface area contributed by atoms with Gasteiger partial charge in [0.1, 0.15) is 11.5 Å². The Labute approximate surface area is 89.1 Å². The smallest absolute Gasteiger partial charge is 0.271 e. The van der Waals surface area contributed by atoms with Crippen LogP contribution in [0.3, 0.4) is 0 Å². The van der Waals surface area contributed by atoms with Crippen molar-refractivity contribution in [1.29, 1.82) is 0 Å². The number of nitrogens with zero attached hydrogens (tertiary/aromatic N) is 2. The first kappa shape index (κ1) is 11.4. The monoisotopic (exact) mass is 208 g/mol. The molecule has 0 aliphatic carbocycles. The fraction of sp³-hybridized carbons (Fsp3) is 0.500. The molecule has 0 bridgehead atoms. The van der Waals surface area contributed by atoms with Crippen molar-refractivity contribution < 1.29 is 4.79 Å². The van der Waals surface area contributed by atoms with Gasteiger partial charge in [0.25, 0.3) is 5.91 Å². The molecular formula is C10H16N4O. The van der Waals surface area contributed by atoms with E-state index in [2.05, 4.69) is 15.3 Å². The van der Waals surface area contributed by atoms with E-state index >= 15 is 0 Å². The maximum Gasteiger partial charge on any atom is 0.271 e. The second-order valence-electron chi connectivity index (χ2n) is 4.57. The van der Waals surface area contributed by atoms with E-state index in [-0.39, 0.29) is 22.8 Å². The van der Waals surface area contributed by atoms with Crippen LogP contribution < -0.4 is 11.1 Å². The van der Waals surface area contributed by atoms with Gasteiger partial charge >= 0.3 is 0 Å². The number of carbonyl (C=O) groups excluding carboxylic acids is 1. The molecule has 0 radical (unpaired) electrons. The average molecular weight is 208 g/mol. The number of nitrogen functional groups attached to an aromatic ring is 1. The molecular weight excluding hydrogens is 192 g/mol. The molecule has 0 aliphatic rings. The second kappa shape index (κ2) is 4.25. The third-order valence-corrected chi connectivity index (χ3v) is 1.67. The molecule has 82 valence electrons. The Morgan fingerprint density at radius 2 is 2.13 bits per heavy atom. The fourth-order valence-electron chi connectivity index (χ4n) is 0.926. The Morgan fingerprint density at radius 1 is 1.47 bits per heavy atom. The molecule has 0 unspecified atom stereocenters. The number of hydrogen-bond acceptors (Lipinski definition) is 4. The maximum atomic E-state index is 11.6. The van der Waals surface area contributed by atoms with E-state index in [0.29, 0.717) is 6.54 Å². The van der Waals surface area contributed by atoms with Gasteiger partial charge in [-0.1, -0.05) is 20.8 Å². The zero-order chi connectivity index (χ0) is 11.5. The summed E-state index contributed by atoms with van der Waals surface area (Å²) in [6.45, 7) is 6.71. The number of amides is 1. The number of rotatable bonds is 2. The van der Waals surface area contributed by atoms with Gasteiger partial charge in [-0.2, -0.15) is 0 Å². The number of hydrogen-bond donors (Lipinski definition) is 2. The molecule has 1 heterocycles. The highest BCUT2D eigenvalue weighted by molar-refractivity contribution is 5.92. The van der Waals surface area contributed by atoms with Crippen LogP contribution in [0.2, 0.25) is 0 Å². The van der Waals surface area contributed by atoms with E-state index in [0.717, 1.165) is 0 Å². The van der Waals surface area contributed by atoms with E-state index in [1.807, 2.05) is 20.8 Å². The predicted octanol–water partition coefficient (Wildman–Crippen LogP) is 0.835. The lowest BCUT2D eigenvalue weighted by Crippen LogP contribution is -2.32. The van der Waals surface area contributed by atoms with E-state index in [1.54, 1.807) is 0 Å². The van der Waals surface area contributed by atoms with Gasteiger partial charge in [-0.15, -0.1) is 0 Å². The summed E-state index contributed by atoms with van der Waals surface area (Å²) in [5.41, 5.74) is 5.72. The molecule has 0 atom stereocenters. The lowest BCUT2D eigenvalue weighted by atomic mass is 9.97. The van der Waals surface area contributed by atoms with Crippen molar-refractivity contribution in [2.24, 2.45) is 5.41 Å². The summed E-state index contributed by atoms with van der Waals surface area (Å²) in [6, 6.07) is 0. The van der Waals surface area contributed by atoms with E-state index < -0.39 is 0 Å². The van der Waals surface area contributed by atoms with Gasteiger partial charge in [-0.3, -0.25) is 9.78 Å². The molecule has 5 heteroatoms. The molecule has 5 nitrogen and oxygen atoms in total.